The van der Waals surface area contributed by atoms with Crippen molar-refractivity contribution >= 4 is 17.5 Å². The fourth-order valence-corrected chi connectivity index (χ4v) is 4.20. The van der Waals surface area contributed by atoms with Gasteiger partial charge in [0, 0.05) is 13.1 Å². The number of rotatable bonds is 23. The summed E-state index contributed by atoms with van der Waals surface area (Å²) in [5.41, 5.74) is 0. The van der Waals surface area contributed by atoms with Crippen LogP contribution in [-0.4, -0.2) is 34.6 Å². The van der Waals surface area contributed by atoms with Gasteiger partial charge in [-0.25, -0.2) is 0 Å². The third kappa shape index (κ3) is 16.2. The molecule has 0 aromatic carbocycles. The van der Waals surface area contributed by atoms with Gasteiger partial charge in [0.05, 0.1) is 6.61 Å². The van der Waals surface area contributed by atoms with Crippen LogP contribution in [0.25, 0.3) is 0 Å². The number of hydrogen-bond donors (Lipinski definition) is 0. The van der Waals surface area contributed by atoms with Gasteiger partial charge >= 0.3 is 6.01 Å². The highest BCUT2D eigenvalue weighted by Crippen LogP contribution is 2.18. The lowest BCUT2D eigenvalue weighted by Crippen LogP contribution is -2.28. The summed E-state index contributed by atoms with van der Waals surface area (Å²) < 4.78 is 5.85. The van der Waals surface area contributed by atoms with E-state index in [9.17, 15) is 0 Å². The second kappa shape index (κ2) is 21.4. The highest BCUT2D eigenvalue weighted by atomic mass is 35.5. The number of halogens is 1. The Bertz CT molecular complexity index is 557. The maximum absolute atomic E-state index is 6.26. The summed E-state index contributed by atoms with van der Waals surface area (Å²) in [4.78, 5) is 15.6. The van der Waals surface area contributed by atoms with Crippen LogP contribution in [0.5, 0.6) is 6.01 Å². The predicted molar refractivity (Wildman–Crippen MR) is 143 cm³/mol. The zero-order valence-electron chi connectivity index (χ0n) is 21.9. The average molecular weight is 483 g/mol. The molecule has 5 nitrogen and oxygen atoms in total. The smallest absolute Gasteiger partial charge is 0.322 e. The molecule has 0 fully saturated rings. The maximum Gasteiger partial charge on any atom is 0.322 e. The van der Waals surface area contributed by atoms with Crippen LogP contribution in [0.2, 0.25) is 5.28 Å². The Morgan fingerprint density at radius 2 is 1.03 bits per heavy atom. The molecule has 0 aliphatic heterocycles. The summed E-state index contributed by atoms with van der Waals surface area (Å²) in [5.74, 6) is 0.676. The monoisotopic (exact) mass is 482 g/mol. The lowest BCUT2D eigenvalue weighted by Gasteiger charge is -2.23. The highest BCUT2D eigenvalue weighted by Gasteiger charge is 2.14. The first-order chi connectivity index (χ1) is 16.2. The molecule has 0 bridgehead atoms. The molecule has 0 saturated heterocycles. The van der Waals surface area contributed by atoms with E-state index in [1.807, 2.05) is 0 Å². The van der Waals surface area contributed by atoms with Crippen molar-refractivity contribution in [1.82, 2.24) is 15.0 Å². The van der Waals surface area contributed by atoms with Crippen LogP contribution in [0.4, 0.5) is 5.95 Å². The third-order valence-corrected chi connectivity index (χ3v) is 6.32. The largest absolute Gasteiger partial charge is 0.463 e. The average Bonchev–Trinajstić information content (AvgIpc) is 2.81. The molecule has 0 radical (unpaired) electrons. The van der Waals surface area contributed by atoms with Crippen LogP contribution in [0, 0.1) is 0 Å². The zero-order valence-corrected chi connectivity index (χ0v) is 22.7. The molecule has 0 aliphatic rings. The summed E-state index contributed by atoms with van der Waals surface area (Å²) in [7, 11) is 0. The first-order valence-electron chi connectivity index (χ1n) is 14.0. The molecule has 0 atom stereocenters. The molecule has 0 saturated carbocycles. The molecule has 33 heavy (non-hydrogen) atoms. The summed E-state index contributed by atoms with van der Waals surface area (Å²) in [6.07, 6.45) is 22.8. The van der Waals surface area contributed by atoms with Gasteiger partial charge in [-0.15, -0.1) is 0 Å². The Balaban J connectivity index is 2.57. The van der Waals surface area contributed by atoms with Gasteiger partial charge in [-0.1, -0.05) is 117 Å². The molecule has 0 unspecified atom stereocenters. The molecule has 0 N–H and O–H groups in total. The van der Waals surface area contributed by atoms with Crippen LogP contribution in [0.3, 0.4) is 0 Å². The predicted octanol–water partition coefficient (Wildman–Crippen LogP) is 8.79. The second-order valence-electron chi connectivity index (χ2n) is 9.33. The standard InChI is InChI=1S/C27H51ClN4O/c1-4-7-10-13-16-19-22-32(23-20-17-14-11-8-5-2)26-29-25(28)30-27(31-26)33-24-21-18-15-12-9-6-3/h4-24H2,1-3H3. The van der Waals surface area contributed by atoms with E-state index in [-0.39, 0.29) is 5.28 Å². The van der Waals surface area contributed by atoms with Gasteiger partial charge in [-0.2, -0.15) is 15.0 Å². The summed E-state index contributed by atoms with van der Waals surface area (Å²) >= 11 is 6.26. The van der Waals surface area contributed by atoms with E-state index in [0.29, 0.717) is 18.6 Å². The highest BCUT2D eigenvalue weighted by molar-refractivity contribution is 6.28. The van der Waals surface area contributed by atoms with Crippen molar-refractivity contribution in [2.75, 3.05) is 24.6 Å². The van der Waals surface area contributed by atoms with Crippen LogP contribution < -0.4 is 9.64 Å². The first-order valence-corrected chi connectivity index (χ1v) is 14.4. The number of unbranched alkanes of at least 4 members (excludes halogenated alkanes) is 15. The van der Waals surface area contributed by atoms with E-state index in [4.69, 9.17) is 16.3 Å². The van der Waals surface area contributed by atoms with Crippen molar-refractivity contribution in [3.63, 3.8) is 0 Å². The number of ether oxygens (including phenoxy) is 1. The van der Waals surface area contributed by atoms with E-state index in [0.717, 1.165) is 32.4 Å². The van der Waals surface area contributed by atoms with Crippen molar-refractivity contribution < 1.29 is 4.74 Å². The van der Waals surface area contributed by atoms with E-state index in [1.54, 1.807) is 0 Å². The SMILES string of the molecule is CCCCCCCCOc1nc(Cl)nc(N(CCCCCCCC)CCCCCCCC)n1. The molecule has 1 rings (SSSR count). The molecule has 192 valence electrons. The van der Waals surface area contributed by atoms with Gasteiger partial charge in [0.25, 0.3) is 0 Å². The van der Waals surface area contributed by atoms with E-state index in [1.165, 1.54) is 96.3 Å². The van der Waals surface area contributed by atoms with Crippen molar-refractivity contribution in [2.45, 2.75) is 136 Å². The summed E-state index contributed by atoms with van der Waals surface area (Å²) in [6.45, 7) is 9.35. The van der Waals surface area contributed by atoms with E-state index in [2.05, 4.69) is 40.6 Å². The minimum atomic E-state index is 0.230. The number of nitrogens with zero attached hydrogens (tertiary/aromatic N) is 4. The van der Waals surface area contributed by atoms with Gasteiger partial charge in [-0.3, -0.25) is 0 Å². The normalized spacial score (nSPS) is 11.2. The molecular formula is C27H51ClN4O. The maximum atomic E-state index is 6.26. The molecular weight excluding hydrogens is 432 g/mol. The van der Waals surface area contributed by atoms with Crippen LogP contribution >= 0.6 is 11.6 Å². The topological polar surface area (TPSA) is 51.1 Å². The van der Waals surface area contributed by atoms with Gasteiger partial charge in [0.2, 0.25) is 11.2 Å². The van der Waals surface area contributed by atoms with Crippen LogP contribution in [-0.2, 0) is 0 Å². The molecule has 6 heteroatoms. The number of aromatic nitrogens is 3. The molecule has 1 heterocycles. The van der Waals surface area contributed by atoms with Gasteiger partial charge in [0.1, 0.15) is 0 Å². The summed E-state index contributed by atoms with van der Waals surface area (Å²) in [6, 6.07) is 0.370. The third-order valence-electron chi connectivity index (χ3n) is 6.15. The first kappa shape index (κ1) is 29.9. The molecule has 0 aliphatic carbocycles. The lowest BCUT2D eigenvalue weighted by molar-refractivity contribution is 0.280. The van der Waals surface area contributed by atoms with Crippen molar-refractivity contribution in [3.05, 3.63) is 5.28 Å². The van der Waals surface area contributed by atoms with Crippen LogP contribution in [0.15, 0.2) is 0 Å². The fourth-order valence-electron chi connectivity index (χ4n) is 4.05. The van der Waals surface area contributed by atoms with Crippen molar-refractivity contribution in [1.29, 1.82) is 0 Å². The molecule has 1 aromatic heterocycles. The Labute approximate surface area is 209 Å². The van der Waals surface area contributed by atoms with Gasteiger partial charge < -0.3 is 9.64 Å². The Morgan fingerprint density at radius 1 is 0.576 bits per heavy atom. The quantitative estimate of drug-likeness (QED) is 0.146. The molecule has 0 spiro atoms. The minimum absolute atomic E-state index is 0.230. The Hall–Kier alpha value is -1.10. The number of hydrogen-bond acceptors (Lipinski definition) is 5. The van der Waals surface area contributed by atoms with Crippen molar-refractivity contribution in [2.24, 2.45) is 0 Å². The zero-order chi connectivity index (χ0) is 24.0. The van der Waals surface area contributed by atoms with Crippen molar-refractivity contribution in [3.8, 4) is 6.01 Å². The molecule has 0 amide bonds. The molecule has 1 aromatic rings. The Morgan fingerprint density at radius 3 is 1.55 bits per heavy atom. The van der Waals surface area contributed by atoms with Gasteiger partial charge in [-0.05, 0) is 30.9 Å². The Kier molecular flexibility index (Phi) is 19.4. The minimum Gasteiger partial charge on any atom is -0.463 e. The van der Waals surface area contributed by atoms with E-state index < -0.39 is 0 Å². The second-order valence-corrected chi connectivity index (χ2v) is 9.66. The van der Waals surface area contributed by atoms with Crippen LogP contribution in [0.1, 0.15) is 136 Å². The van der Waals surface area contributed by atoms with E-state index >= 15 is 0 Å². The van der Waals surface area contributed by atoms with Gasteiger partial charge in [0.15, 0.2) is 0 Å². The summed E-state index contributed by atoms with van der Waals surface area (Å²) in [5, 5.41) is 0.230. The number of anilines is 1. The fraction of sp³-hybridized carbons (Fsp3) is 0.889. The lowest BCUT2D eigenvalue weighted by atomic mass is 10.1.